The van der Waals surface area contributed by atoms with Gasteiger partial charge in [-0.1, -0.05) is 18.5 Å². The van der Waals surface area contributed by atoms with E-state index < -0.39 is 20.0 Å². The number of hydrogen-bond acceptors (Lipinski definition) is 5. The minimum Gasteiger partial charge on any atom is -0.370 e. The zero-order chi connectivity index (χ0) is 22.1. The van der Waals surface area contributed by atoms with Crippen molar-refractivity contribution in [1.82, 2.24) is 4.31 Å². The van der Waals surface area contributed by atoms with Gasteiger partial charge in [-0.25, -0.2) is 21.1 Å². The molecule has 1 N–H and O–H groups in total. The first-order valence-electron chi connectivity index (χ1n) is 9.60. The SMILES string of the molecule is CC1CCCN(c2ccc(Cl)cc2NS(=O)(=O)c2ccc(S(=O)(=O)N(C)C)cc2)C1. The van der Waals surface area contributed by atoms with E-state index in [0.717, 1.165) is 35.9 Å². The molecular formula is C20H26ClN3O4S2. The third-order valence-electron chi connectivity index (χ3n) is 5.11. The van der Waals surface area contributed by atoms with Gasteiger partial charge >= 0.3 is 0 Å². The van der Waals surface area contributed by atoms with Crippen LogP contribution < -0.4 is 9.62 Å². The molecule has 0 saturated carbocycles. The number of nitrogens with one attached hydrogen (secondary N) is 1. The van der Waals surface area contributed by atoms with E-state index in [0.29, 0.717) is 16.6 Å². The normalized spacial score (nSPS) is 17.9. The van der Waals surface area contributed by atoms with Crippen molar-refractivity contribution in [3.63, 3.8) is 0 Å². The third kappa shape index (κ3) is 4.91. The smallest absolute Gasteiger partial charge is 0.261 e. The molecule has 30 heavy (non-hydrogen) atoms. The van der Waals surface area contributed by atoms with Crippen LogP contribution in [0, 0.1) is 5.92 Å². The lowest BCUT2D eigenvalue weighted by Gasteiger charge is -2.34. The number of anilines is 2. The Kier molecular flexibility index (Phi) is 6.66. The highest BCUT2D eigenvalue weighted by atomic mass is 35.5. The zero-order valence-electron chi connectivity index (χ0n) is 17.2. The zero-order valence-corrected chi connectivity index (χ0v) is 19.6. The van der Waals surface area contributed by atoms with Crippen LogP contribution in [0.3, 0.4) is 0 Å². The summed E-state index contributed by atoms with van der Waals surface area (Å²) in [6.07, 6.45) is 2.19. The van der Waals surface area contributed by atoms with E-state index >= 15 is 0 Å². The van der Waals surface area contributed by atoms with Crippen LogP contribution in [0.2, 0.25) is 5.02 Å². The Morgan fingerprint density at radius 2 is 1.67 bits per heavy atom. The first kappa shape index (κ1) is 22.9. The van der Waals surface area contributed by atoms with Gasteiger partial charge in [0.1, 0.15) is 0 Å². The van der Waals surface area contributed by atoms with Crippen LogP contribution in [0.15, 0.2) is 52.3 Å². The predicted octanol–water partition coefficient (Wildman–Crippen LogP) is 3.63. The van der Waals surface area contributed by atoms with Crippen molar-refractivity contribution < 1.29 is 16.8 Å². The van der Waals surface area contributed by atoms with Crippen molar-refractivity contribution in [2.45, 2.75) is 29.6 Å². The number of halogens is 1. The van der Waals surface area contributed by atoms with Gasteiger partial charge in [-0.15, -0.1) is 0 Å². The van der Waals surface area contributed by atoms with E-state index in [4.69, 9.17) is 11.6 Å². The van der Waals surface area contributed by atoms with Crippen molar-refractivity contribution in [3.8, 4) is 0 Å². The van der Waals surface area contributed by atoms with E-state index in [9.17, 15) is 16.8 Å². The standard InChI is InChI=1S/C20H26ClN3O4S2/c1-15-5-4-12-24(14-15)20-11-6-16(21)13-19(20)22-29(25,26)17-7-9-18(10-8-17)30(27,28)23(2)3/h6-11,13,15,22H,4-5,12,14H2,1-3H3. The number of nitrogens with zero attached hydrogens (tertiary/aromatic N) is 2. The number of benzene rings is 2. The summed E-state index contributed by atoms with van der Waals surface area (Å²) in [4.78, 5) is 2.16. The maximum Gasteiger partial charge on any atom is 0.261 e. The molecule has 3 rings (SSSR count). The van der Waals surface area contributed by atoms with Gasteiger partial charge in [-0.2, -0.15) is 0 Å². The molecule has 1 saturated heterocycles. The molecule has 7 nitrogen and oxygen atoms in total. The largest absolute Gasteiger partial charge is 0.370 e. The monoisotopic (exact) mass is 471 g/mol. The first-order chi connectivity index (χ1) is 14.0. The second-order valence-electron chi connectivity index (χ2n) is 7.72. The van der Waals surface area contributed by atoms with Crippen molar-refractivity contribution in [1.29, 1.82) is 0 Å². The molecular weight excluding hydrogens is 446 g/mol. The lowest BCUT2D eigenvalue weighted by molar-refractivity contribution is 0.447. The van der Waals surface area contributed by atoms with Crippen LogP contribution in [0.25, 0.3) is 0 Å². The van der Waals surface area contributed by atoms with Gasteiger partial charge < -0.3 is 4.90 Å². The van der Waals surface area contributed by atoms with E-state index in [2.05, 4.69) is 16.5 Å². The molecule has 0 amide bonds. The molecule has 0 radical (unpaired) electrons. The Hall–Kier alpha value is -1.81. The molecule has 1 aliphatic heterocycles. The fourth-order valence-corrected chi connectivity index (χ4v) is 5.62. The molecule has 1 aliphatic rings. The molecule has 1 fully saturated rings. The summed E-state index contributed by atoms with van der Waals surface area (Å²) in [5.41, 5.74) is 1.18. The summed E-state index contributed by atoms with van der Waals surface area (Å²) in [5, 5.41) is 0.425. The maximum absolute atomic E-state index is 13.0. The minimum atomic E-state index is -3.93. The Balaban J connectivity index is 1.91. The fraction of sp³-hybridized carbons (Fsp3) is 0.400. The number of sulfonamides is 2. The average molecular weight is 472 g/mol. The van der Waals surface area contributed by atoms with Crippen LogP contribution in [0.1, 0.15) is 19.8 Å². The topological polar surface area (TPSA) is 86.8 Å². The summed E-state index contributed by atoms with van der Waals surface area (Å²) in [6.45, 7) is 3.86. The summed E-state index contributed by atoms with van der Waals surface area (Å²) in [5.74, 6) is 0.519. The maximum atomic E-state index is 13.0. The van der Waals surface area contributed by atoms with Gasteiger partial charge in [0.15, 0.2) is 0 Å². The Morgan fingerprint density at radius 3 is 2.27 bits per heavy atom. The summed E-state index contributed by atoms with van der Waals surface area (Å²) in [6, 6.07) is 10.3. The number of piperidine rings is 1. The van der Waals surface area contributed by atoms with E-state index in [1.54, 1.807) is 12.1 Å². The average Bonchev–Trinajstić information content (AvgIpc) is 2.68. The van der Waals surface area contributed by atoms with E-state index in [-0.39, 0.29) is 9.79 Å². The molecule has 2 aromatic carbocycles. The minimum absolute atomic E-state index is 0.0252. The fourth-order valence-electron chi connectivity index (χ4n) is 3.48. The lowest BCUT2D eigenvalue weighted by Crippen LogP contribution is -2.34. The van der Waals surface area contributed by atoms with Gasteiger partial charge in [0.2, 0.25) is 10.0 Å². The third-order valence-corrected chi connectivity index (χ3v) is 8.56. The van der Waals surface area contributed by atoms with Gasteiger partial charge in [0, 0.05) is 32.2 Å². The molecule has 1 heterocycles. The van der Waals surface area contributed by atoms with Gasteiger partial charge in [0.25, 0.3) is 10.0 Å². The summed E-state index contributed by atoms with van der Waals surface area (Å²) >= 11 is 6.14. The predicted molar refractivity (Wildman–Crippen MR) is 120 cm³/mol. The van der Waals surface area contributed by atoms with Crippen LogP contribution >= 0.6 is 11.6 Å². The first-order valence-corrected chi connectivity index (χ1v) is 12.9. The second kappa shape index (κ2) is 8.74. The highest BCUT2D eigenvalue weighted by Gasteiger charge is 2.23. The van der Waals surface area contributed by atoms with E-state index in [1.807, 2.05) is 6.07 Å². The van der Waals surface area contributed by atoms with Crippen molar-refractivity contribution in [2.75, 3.05) is 36.8 Å². The molecule has 0 bridgehead atoms. The molecule has 164 valence electrons. The van der Waals surface area contributed by atoms with Crippen LogP contribution in [0.4, 0.5) is 11.4 Å². The Labute approximate surface area is 183 Å². The molecule has 0 spiro atoms. The van der Waals surface area contributed by atoms with E-state index in [1.165, 1.54) is 38.4 Å². The molecule has 1 unspecified atom stereocenters. The Morgan fingerprint density at radius 1 is 1.03 bits per heavy atom. The number of hydrogen-bond donors (Lipinski definition) is 1. The van der Waals surface area contributed by atoms with Crippen LogP contribution in [-0.2, 0) is 20.0 Å². The quantitative estimate of drug-likeness (QED) is 0.695. The molecule has 0 aromatic heterocycles. The van der Waals surface area contributed by atoms with Crippen molar-refractivity contribution >= 4 is 43.0 Å². The second-order valence-corrected chi connectivity index (χ2v) is 12.0. The van der Waals surface area contributed by atoms with Crippen LogP contribution in [0.5, 0.6) is 0 Å². The Bertz CT molecular complexity index is 1120. The summed E-state index contributed by atoms with van der Waals surface area (Å²) in [7, 11) is -4.73. The molecule has 1 atom stereocenters. The van der Waals surface area contributed by atoms with Crippen LogP contribution in [-0.4, -0.2) is 48.3 Å². The molecule has 2 aromatic rings. The highest BCUT2D eigenvalue weighted by Crippen LogP contribution is 2.33. The molecule has 0 aliphatic carbocycles. The van der Waals surface area contributed by atoms with Crippen molar-refractivity contribution in [3.05, 3.63) is 47.5 Å². The summed E-state index contributed by atoms with van der Waals surface area (Å²) < 4.78 is 54.1. The number of rotatable bonds is 6. The van der Waals surface area contributed by atoms with Gasteiger partial charge in [-0.3, -0.25) is 4.72 Å². The van der Waals surface area contributed by atoms with Gasteiger partial charge in [0.05, 0.1) is 21.2 Å². The lowest BCUT2D eigenvalue weighted by atomic mass is 9.99. The van der Waals surface area contributed by atoms with Gasteiger partial charge in [-0.05, 0) is 61.2 Å². The highest BCUT2D eigenvalue weighted by molar-refractivity contribution is 7.92. The van der Waals surface area contributed by atoms with Crippen molar-refractivity contribution in [2.24, 2.45) is 5.92 Å². The molecule has 10 heteroatoms.